The van der Waals surface area contributed by atoms with E-state index in [0.717, 1.165) is 24.8 Å². The molecule has 3 amide bonds. The highest BCUT2D eigenvalue weighted by Crippen LogP contribution is 2.66. The summed E-state index contributed by atoms with van der Waals surface area (Å²) in [7, 11) is 0. The lowest BCUT2D eigenvalue weighted by Crippen LogP contribution is -2.58. The number of fused-ring (bicyclic) bond motifs is 1. The summed E-state index contributed by atoms with van der Waals surface area (Å²) >= 11 is 1.71. The van der Waals surface area contributed by atoms with Gasteiger partial charge in [-0.2, -0.15) is 0 Å². The quantitative estimate of drug-likeness (QED) is 0.285. The minimum atomic E-state index is -0.618. The lowest BCUT2D eigenvalue weighted by atomic mass is 9.70. The van der Waals surface area contributed by atoms with Gasteiger partial charge in [-0.3, -0.25) is 14.4 Å². The van der Waals surface area contributed by atoms with Gasteiger partial charge in [0.2, 0.25) is 17.7 Å². The number of benzene rings is 1. The monoisotopic (exact) mass is 567 g/mol. The predicted octanol–water partition coefficient (Wildman–Crippen LogP) is 4.27. The third-order valence-corrected chi connectivity index (χ3v) is 10.6. The van der Waals surface area contributed by atoms with Crippen LogP contribution in [0.1, 0.15) is 58.4 Å². The Morgan fingerprint density at radius 2 is 1.80 bits per heavy atom. The van der Waals surface area contributed by atoms with E-state index < -0.39 is 28.2 Å². The molecular weight excluding hydrogens is 522 g/mol. The Balaban J connectivity index is 1.70. The van der Waals surface area contributed by atoms with E-state index >= 15 is 0 Å². The van der Waals surface area contributed by atoms with Crippen molar-refractivity contribution < 1.29 is 19.5 Å². The second kappa shape index (κ2) is 12.5. The second-order valence-corrected chi connectivity index (χ2v) is 13.9. The molecule has 3 aliphatic rings. The topological polar surface area (TPSA) is 81.2 Å². The summed E-state index contributed by atoms with van der Waals surface area (Å²) in [6.45, 7) is 15.6. The molecule has 0 aliphatic carbocycles. The maximum atomic E-state index is 14.4. The van der Waals surface area contributed by atoms with Crippen molar-refractivity contribution in [2.24, 2.45) is 11.8 Å². The third kappa shape index (κ3) is 5.62. The van der Waals surface area contributed by atoms with Crippen LogP contribution < -0.4 is 0 Å². The Hall–Kier alpha value is -2.58. The molecule has 40 heavy (non-hydrogen) atoms. The van der Waals surface area contributed by atoms with E-state index in [1.807, 2.05) is 60.9 Å². The average Bonchev–Trinajstić information content (AvgIpc) is 3.56. The largest absolute Gasteiger partial charge is 0.396 e. The summed E-state index contributed by atoms with van der Waals surface area (Å²) in [5.74, 6) is -1.13. The van der Waals surface area contributed by atoms with Crippen molar-refractivity contribution in [2.75, 3.05) is 26.2 Å². The Kier molecular flexibility index (Phi) is 9.51. The molecule has 3 aliphatic heterocycles. The molecule has 4 rings (SSSR count). The van der Waals surface area contributed by atoms with Gasteiger partial charge in [0.25, 0.3) is 0 Å². The van der Waals surface area contributed by atoms with Crippen LogP contribution in [0, 0.1) is 11.8 Å². The highest BCUT2D eigenvalue weighted by atomic mass is 32.2. The zero-order valence-electron chi connectivity index (χ0n) is 24.3. The third-order valence-electron chi connectivity index (χ3n) is 8.64. The normalized spacial score (nSPS) is 27.0. The molecule has 2 bridgehead atoms. The number of rotatable bonds is 13. The van der Waals surface area contributed by atoms with Crippen LogP contribution in [-0.2, 0) is 20.9 Å². The highest BCUT2D eigenvalue weighted by Gasteiger charge is 2.74. The zero-order chi connectivity index (χ0) is 29.1. The number of aliphatic hydroxyl groups is 1. The van der Waals surface area contributed by atoms with Crippen LogP contribution in [-0.4, -0.2) is 85.3 Å². The van der Waals surface area contributed by atoms with Crippen molar-refractivity contribution in [2.45, 2.75) is 81.0 Å². The molecule has 0 aromatic heterocycles. The first-order valence-corrected chi connectivity index (χ1v) is 15.4. The van der Waals surface area contributed by atoms with Crippen LogP contribution in [0.3, 0.4) is 0 Å². The number of unbranched alkanes of at least 4 members (excludes halogenated alkanes) is 2. The van der Waals surface area contributed by atoms with Crippen molar-refractivity contribution in [1.29, 1.82) is 0 Å². The minimum Gasteiger partial charge on any atom is -0.396 e. The molecular formula is C32H45N3O4S. The van der Waals surface area contributed by atoms with Gasteiger partial charge in [0, 0.05) is 43.6 Å². The number of likely N-dealkylation sites (tertiary alicyclic amines) is 1. The average molecular weight is 568 g/mol. The number of nitrogens with zero attached hydrogens (tertiary/aromatic N) is 3. The van der Waals surface area contributed by atoms with Crippen molar-refractivity contribution >= 4 is 29.5 Å². The minimum absolute atomic E-state index is 0.0128. The molecule has 3 fully saturated rings. The van der Waals surface area contributed by atoms with Gasteiger partial charge in [0.05, 0.1) is 16.6 Å². The van der Waals surface area contributed by atoms with E-state index in [2.05, 4.69) is 13.2 Å². The van der Waals surface area contributed by atoms with E-state index in [4.69, 9.17) is 0 Å². The van der Waals surface area contributed by atoms with Crippen LogP contribution >= 0.6 is 11.8 Å². The van der Waals surface area contributed by atoms with Crippen LogP contribution in [0.5, 0.6) is 0 Å². The Bertz CT molecular complexity index is 1100. The lowest BCUT2D eigenvalue weighted by molar-refractivity contribution is -0.146. The molecule has 2 unspecified atom stereocenters. The molecule has 1 N–H and O–H groups in total. The molecule has 1 spiro atoms. The van der Waals surface area contributed by atoms with Crippen molar-refractivity contribution in [3.8, 4) is 0 Å². The second-order valence-electron chi connectivity index (χ2n) is 12.3. The fourth-order valence-corrected chi connectivity index (χ4v) is 9.11. The predicted molar refractivity (Wildman–Crippen MR) is 160 cm³/mol. The molecule has 5 atom stereocenters. The number of amides is 3. The van der Waals surface area contributed by atoms with Crippen LogP contribution in [0.2, 0.25) is 0 Å². The fraction of sp³-hybridized carbons (Fsp3) is 0.594. The Labute approximate surface area is 243 Å². The Morgan fingerprint density at radius 3 is 2.42 bits per heavy atom. The number of thioether (sulfide) groups is 1. The van der Waals surface area contributed by atoms with Crippen molar-refractivity contribution in [1.82, 2.24) is 14.7 Å². The first-order chi connectivity index (χ1) is 19.1. The van der Waals surface area contributed by atoms with Gasteiger partial charge in [-0.05, 0) is 58.4 Å². The van der Waals surface area contributed by atoms with Gasteiger partial charge in [0.15, 0.2) is 0 Å². The summed E-state index contributed by atoms with van der Waals surface area (Å²) in [6, 6.07) is 9.27. The number of aliphatic hydroxyl groups excluding tert-OH is 1. The molecule has 0 saturated carbocycles. The van der Waals surface area contributed by atoms with Gasteiger partial charge in [0.1, 0.15) is 6.04 Å². The first-order valence-electron chi connectivity index (χ1n) is 14.6. The number of carbonyl (C=O) groups excluding carboxylic acids is 3. The van der Waals surface area contributed by atoms with E-state index in [9.17, 15) is 19.5 Å². The number of hydrogen-bond acceptors (Lipinski definition) is 5. The van der Waals surface area contributed by atoms with E-state index in [1.54, 1.807) is 28.8 Å². The molecule has 0 radical (unpaired) electrons. The molecule has 1 aromatic carbocycles. The zero-order valence-corrected chi connectivity index (χ0v) is 25.1. The van der Waals surface area contributed by atoms with Gasteiger partial charge in [-0.1, -0.05) is 42.5 Å². The molecule has 3 heterocycles. The first kappa shape index (κ1) is 30.4. The molecule has 7 nitrogen and oxygen atoms in total. The van der Waals surface area contributed by atoms with Crippen molar-refractivity contribution in [3.05, 3.63) is 61.2 Å². The highest BCUT2D eigenvalue weighted by molar-refractivity contribution is 8.02. The van der Waals surface area contributed by atoms with E-state index in [1.165, 1.54) is 0 Å². The summed E-state index contributed by atoms with van der Waals surface area (Å²) in [4.78, 5) is 48.4. The van der Waals surface area contributed by atoms with Gasteiger partial charge < -0.3 is 19.8 Å². The van der Waals surface area contributed by atoms with Crippen LogP contribution in [0.4, 0.5) is 0 Å². The maximum absolute atomic E-state index is 14.4. The summed E-state index contributed by atoms with van der Waals surface area (Å²) in [5, 5.41) is 9.29. The molecule has 8 heteroatoms. The molecule has 1 aromatic rings. The molecule has 3 saturated heterocycles. The van der Waals surface area contributed by atoms with Crippen LogP contribution in [0.15, 0.2) is 55.6 Å². The van der Waals surface area contributed by atoms with Gasteiger partial charge in [-0.25, -0.2) is 0 Å². The van der Waals surface area contributed by atoms with E-state index in [-0.39, 0.29) is 29.6 Å². The SMILES string of the molecule is C=CCN(Cc1ccccc1)C(=O)[C@@H]1[C@H]2C(=O)N(CCCCCO)C(C(=O)N(CC=C)C(C)(C)C)C23CC[C@H]1S3. The van der Waals surface area contributed by atoms with Crippen LogP contribution in [0.25, 0.3) is 0 Å². The summed E-state index contributed by atoms with van der Waals surface area (Å²) in [5.41, 5.74) is 0.586. The maximum Gasteiger partial charge on any atom is 0.247 e. The lowest BCUT2D eigenvalue weighted by Gasteiger charge is -2.42. The van der Waals surface area contributed by atoms with E-state index in [0.29, 0.717) is 39.0 Å². The van der Waals surface area contributed by atoms with Crippen molar-refractivity contribution in [3.63, 3.8) is 0 Å². The van der Waals surface area contributed by atoms with Gasteiger partial charge >= 0.3 is 0 Å². The molecule has 218 valence electrons. The fourth-order valence-electron chi connectivity index (χ4n) is 6.90. The van der Waals surface area contributed by atoms with Gasteiger partial charge in [-0.15, -0.1) is 24.9 Å². The summed E-state index contributed by atoms with van der Waals surface area (Å²) < 4.78 is -0.618. The smallest absolute Gasteiger partial charge is 0.247 e. The number of hydrogen-bond donors (Lipinski definition) is 1. The standard InChI is InChI=1S/C32H45N3O4S/c1-6-18-33(22-23-14-10-8-11-15-23)28(37)25-24-16-17-32(40-24)26(25)29(38)34(20-12-9-13-21-36)27(32)30(39)35(19-7-2)31(3,4)5/h6-8,10-11,14-15,24-27,36H,1-2,9,12-13,16-22H2,3-5H3/t24-,25+,26+,27?,32?/m1/s1. The Morgan fingerprint density at radius 1 is 1.10 bits per heavy atom. The summed E-state index contributed by atoms with van der Waals surface area (Å²) in [6.07, 6.45) is 7.19. The number of carbonyl (C=O) groups is 3.